The van der Waals surface area contributed by atoms with Crippen molar-refractivity contribution in [1.29, 1.82) is 0 Å². The number of nitrogens with zero attached hydrogens (tertiary/aromatic N) is 1. The summed E-state index contributed by atoms with van der Waals surface area (Å²) in [5.74, 6) is 1.66. The molecule has 1 fully saturated rings. The molecule has 1 saturated heterocycles. The zero-order chi connectivity index (χ0) is 18.4. The van der Waals surface area contributed by atoms with Gasteiger partial charge in [-0.05, 0) is 55.1 Å². The number of carbonyl (C=O) groups is 1. The van der Waals surface area contributed by atoms with Crippen LogP contribution in [0.2, 0.25) is 0 Å². The molecule has 4 heteroatoms. The molecule has 1 aliphatic rings. The Morgan fingerprint density at radius 1 is 1.08 bits per heavy atom. The van der Waals surface area contributed by atoms with Crippen molar-refractivity contribution in [2.24, 2.45) is 5.92 Å². The van der Waals surface area contributed by atoms with Crippen molar-refractivity contribution in [3.63, 3.8) is 0 Å². The van der Waals surface area contributed by atoms with Gasteiger partial charge >= 0.3 is 0 Å². The first kappa shape index (κ1) is 18.5. The first-order valence-corrected chi connectivity index (χ1v) is 9.36. The van der Waals surface area contributed by atoms with Crippen molar-refractivity contribution in [2.75, 3.05) is 26.7 Å². The summed E-state index contributed by atoms with van der Waals surface area (Å²) >= 11 is 0. The van der Waals surface area contributed by atoms with Gasteiger partial charge in [-0.25, -0.2) is 0 Å². The van der Waals surface area contributed by atoms with Crippen molar-refractivity contribution in [3.05, 3.63) is 65.7 Å². The Hall–Kier alpha value is -2.33. The number of hydrogen-bond acceptors (Lipinski definition) is 3. The van der Waals surface area contributed by atoms with Crippen molar-refractivity contribution in [2.45, 2.75) is 25.8 Å². The van der Waals surface area contributed by atoms with Crippen molar-refractivity contribution < 1.29 is 9.53 Å². The van der Waals surface area contributed by atoms with Gasteiger partial charge in [0.25, 0.3) is 0 Å². The Labute approximate surface area is 156 Å². The van der Waals surface area contributed by atoms with E-state index in [-0.39, 0.29) is 11.9 Å². The lowest BCUT2D eigenvalue weighted by Crippen LogP contribution is -2.42. The molecule has 1 amide bonds. The zero-order valence-electron chi connectivity index (χ0n) is 15.7. The van der Waals surface area contributed by atoms with Gasteiger partial charge in [-0.2, -0.15) is 0 Å². The van der Waals surface area contributed by atoms with Crippen LogP contribution in [-0.2, 0) is 4.79 Å². The number of amides is 1. The molecule has 2 aromatic rings. The molecule has 3 rings (SSSR count). The average molecular weight is 352 g/mol. The van der Waals surface area contributed by atoms with E-state index in [0.29, 0.717) is 6.54 Å². The van der Waals surface area contributed by atoms with Crippen molar-refractivity contribution in [1.82, 2.24) is 10.2 Å². The molecule has 1 N–H and O–H groups in total. The Balaban J connectivity index is 1.72. The minimum Gasteiger partial charge on any atom is -0.497 e. The fraction of sp³-hybridized carbons (Fsp3) is 0.409. The van der Waals surface area contributed by atoms with E-state index >= 15 is 0 Å². The highest BCUT2D eigenvalue weighted by atomic mass is 16.5. The third kappa shape index (κ3) is 4.85. The van der Waals surface area contributed by atoms with E-state index in [2.05, 4.69) is 29.3 Å². The molecule has 138 valence electrons. The van der Waals surface area contributed by atoms with Crippen molar-refractivity contribution >= 4 is 5.91 Å². The number of carbonyl (C=O) groups excluding carboxylic acids is 1. The summed E-state index contributed by atoms with van der Waals surface area (Å²) in [6.45, 7) is 4.76. The Bertz CT molecular complexity index is 692. The van der Waals surface area contributed by atoms with Crippen LogP contribution in [0.3, 0.4) is 0 Å². The number of likely N-dealkylation sites (tertiary alicyclic amines) is 1. The van der Waals surface area contributed by atoms with E-state index in [1.807, 2.05) is 42.5 Å². The van der Waals surface area contributed by atoms with Gasteiger partial charge in [0.15, 0.2) is 0 Å². The summed E-state index contributed by atoms with van der Waals surface area (Å²) in [5.41, 5.74) is 2.14. The minimum atomic E-state index is -0.154. The average Bonchev–Trinajstić information content (AvgIpc) is 2.69. The summed E-state index contributed by atoms with van der Waals surface area (Å²) in [4.78, 5) is 15.0. The fourth-order valence-electron chi connectivity index (χ4n) is 3.43. The normalized spacial score (nSPS) is 16.8. The standard InChI is InChI=1S/C22H28N2O2/c1-17-12-14-24(15-13-17)16-21(25)23-22(18-6-4-3-5-7-18)19-8-10-20(26-2)11-9-19/h3-11,17,22H,12-16H2,1-2H3,(H,23,25)/t22-/m1/s1. The predicted molar refractivity (Wildman–Crippen MR) is 104 cm³/mol. The van der Waals surface area contributed by atoms with Crippen LogP contribution >= 0.6 is 0 Å². The molecule has 0 aromatic heterocycles. The number of piperidine rings is 1. The van der Waals surface area contributed by atoms with Crippen LogP contribution in [-0.4, -0.2) is 37.6 Å². The molecule has 1 heterocycles. The summed E-state index contributed by atoms with van der Waals surface area (Å²) < 4.78 is 5.25. The van der Waals surface area contributed by atoms with Crippen molar-refractivity contribution in [3.8, 4) is 5.75 Å². The predicted octanol–water partition coefficient (Wildman–Crippen LogP) is 3.63. The summed E-state index contributed by atoms with van der Waals surface area (Å²) in [5, 5.41) is 3.22. The van der Waals surface area contributed by atoms with Crippen LogP contribution in [0.15, 0.2) is 54.6 Å². The maximum absolute atomic E-state index is 12.7. The number of benzene rings is 2. The SMILES string of the molecule is COc1ccc([C@H](NC(=O)CN2CCC(C)CC2)c2ccccc2)cc1. The van der Waals surface area contributed by atoms with Gasteiger partial charge in [-0.15, -0.1) is 0 Å². The van der Waals surface area contributed by atoms with Gasteiger partial charge in [-0.1, -0.05) is 49.4 Å². The monoisotopic (exact) mass is 352 g/mol. The number of nitrogens with one attached hydrogen (secondary N) is 1. The molecule has 1 atom stereocenters. The topological polar surface area (TPSA) is 41.6 Å². The highest BCUT2D eigenvalue weighted by Gasteiger charge is 2.21. The van der Waals surface area contributed by atoms with Gasteiger partial charge in [0.2, 0.25) is 5.91 Å². The quantitative estimate of drug-likeness (QED) is 0.863. The fourth-order valence-corrected chi connectivity index (χ4v) is 3.43. The smallest absolute Gasteiger partial charge is 0.234 e. The lowest BCUT2D eigenvalue weighted by Gasteiger charge is -2.30. The molecule has 1 aliphatic heterocycles. The summed E-state index contributed by atoms with van der Waals surface area (Å²) in [6.07, 6.45) is 2.35. The van der Waals surface area contributed by atoms with Gasteiger partial charge < -0.3 is 10.1 Å². The van der Waals surface area contributed by atoms with Crippen LogP contribution in [0.1, 0.15) is 36.9 Å². The highest BCUT2D eigenvalue weighted by molar-refractivity contribution is 5.79. The molecule has 0 aliphatic carbocycles. The maximum atomic E-state index is 12.7. The second-order valence-electron chi connectivity index (χ2n) is 7.14. The third-order valence-electron chi connectivity index (χ3n) is 5.13. The molecular weight excluding hydrogens is 324 g/mol. The zero-order valence-corrected chi connectivity index (χ0v) is 15.7. The van der Waals surface area contributed by atoms with Crippen LogP contribution in [0, 0.1) is 5.92 Å². The Morgan fingerprint density at radius 3 is 2.31 bits per heavy atom. The molecule has 2 aromatic carbocycles. The maximum Gasteiger partial charge on any atom is 0.234 e. The largest absolute Gasteiger partial charge is 0.497 e. The molecule has 0 bridgehead atoms. The van der Waals surface area contributed by atoms with Gasteiger partial charge in [0, 0.05) is 0 Å². The van der Waals surface area contributed by atoms with Crippen LogP contribution < -0.4 is 10.1 Å². The third-order valence-corrected chi connectivity index (χ3v) is 5.13. The summed E-state index contributed by atoms with van der Waals surface area (Å²) in [6, 6.07) is 17.8. The number of hydrogen-bond donors (Lipinski definition) is 1. The first-order chi connectivity index (χ1) is 12.7. The van der Waals surface area contributed by atoms with Crippen LogP contribution in [0.5, 0.6) is 5.75 Å². The van der Waals surface area contributed by atoms with E-state index in [1.54, 1.807) is 7.11 Å². The van der Waals surface area contributed by atoms with E-state index < -0.39 is 0 Å². The van der Waals surface area contributed by atoms with E-state index in [9.17, 15) is 4.79 Å². The van der Waals surface area contributed by atoms with Gasteiger partial charge in [-0.3, -0.25) is 9.69 Å². The Morgan fingerprint density at radius 2 is 1.69 bits per heavy atom. The van der Waals surface area contributed by atoms with E-state index in [4.69, 9.17) is 4.74 Å². The number of ether oxygens (including phenoxy) is 1. The van der Waals surface area contributed by atoms with Gasteiger partial charge in [0.05, 0.1) is 19.7 Å². The molecule has 0 saturated carbocycles. The first-order valence-electron chi connectivity index (χ1n) is 9.36. The number of rotatable bonds is 6. The van der Waals surface area contributed by atoms with Crippen LogP contribution in [0.25, 0.3) is 0 Å². The molecule has 0 radical (unpaired) electrons. The second kappa shape index (κ2) is 8.86. The lowest BCUT2D eigenvalue weighted by molar-refractivity contribution is -0.123. The van der Waals surface area contributed by atoms with E-state index in [0.717, 1.165) is 35.9 Å². The molecule has 0 unspecified atom stereocenters. The second-order valence-corrected chi connectivity index (χ2v) is 7.14. The van der Waals surface area contributed by atoms with Crippen LogP contribution in [0.4, 0.5) is 0 Å². The van der Waals surface area contributed by atoms with Gasteiger partial charge in [0.1, 0.15) is 5.75 Å². The highest BCUT2D eigenvalue weighted by Crippen LogP contribution is 2.24. The molecular formula is C22H28N2O2. The molecule has 4 nitrogen and oxygen atoms in total. The molecule has 26 heavy (non-hydrogen) atoms. The Kier molecular flexibility index (Phi) is 6.29. The van der Waals surface area contributed by atoms with E-state index in [1.165, 1.54) is 12.8 Å². The number of methoxy groups -OCH3 is 1. The summed E-state index contributed by atoms with van der Waals surface area (Å²) in [7, 11) is 1.66. The minimum absolute atomic E-state index is 0.0734. The lowest BCUT2D eigenvalue weighted by atomic mass is 9.98. The molecule has 0 spiro atoms.